The van der Waals surface area contributed by atoms with Gasteiger partial charge in [-0.25, -0.2) is 4.68 Å². The first-order valence-electron chi connectivity index (χ1n) is 7.12. The molecule has 0 bridgehead atoms. The van der Waals surface area contributed by atoms with Crippen LogP contribution < -0.4 is 0 Å². The Morgan fingerprint density at radius 3 is 2.50 bits per heavy atom. The molecule has 20 heavy (non-hydrogen) atoms. The Labute approximate surface area is 119 Å². The molecule has 4 nitrogen and oxygen atoms in total. The van der Waals surface area contributed by atoms with Gasteiger partial charge in [0.15, 0.2) is 6.29 Å². The van der Waals surface area contributed by atoms with E-state index in [0.717, 1.165) is 24.8 Å². The van der Waals surface area contributed by atoms with Gasteiger partial charge < -0.3 is 0 Å². The molecule has 2 aromatic rings. The van der Waals surface area contributed by atoms with Crippen molar-refractivity contribution in [1.82, 2.24) is 15.0 Å². The highest BCUT2D eigenvalue weighted by Crippen LogP contribution is 2.16. The van der Waals surface area contributed by atoms with E-state index >= 15 is 0 Å². The third kappa shape index (κ3) is 3.13. The molecule has 106 valence electrons. The fourth-order valence-corrected chi connectivity index (χ4v) is 2.24. The van der Waals surface area contributed by atoms with E-state index in [9.17, 15) is 4.79 Å². The van der Waals surface area contributed by atoms with Gasteiger partial charge in [-0.3, -0.25) is 4.79 Å². The molecule has 0 amide bonds. The van der Waals surface area contributed by atoms with Crippen LogP contribution in [0.15, 0.2) is 24.3 Å². The van der Waals surface area contributed by atoms with Gasteiger partial charge in [-0.15, -0.1) is 5.10 Å². The Morgan fingerprint density at radius 1 is 1.25 bits per heavy atom. The van der Waals surface area contributed by atoms with Gasteiger partial charge >= 0.3 is 0 Å². The lowest BCUT2D eigenvalue weighted by Gasteiger charge is -2.08. The zero-order valence-corrected chi connectivity index (χ0v) is 12.3. The van der Waals surface area contributed by atoms with Crippen LogP contribution in [0.5, 0.6) is 0 Å². The molecule has 0 aliphatic rings. The minimum Gasteiger partial charge on any atom is -0.296 e. The van der Waals surface area contributed by atoms with Crippen LogP contribution in [0.3, 0.4) is 0 Å². The van der Waals surface area contributed by atoms with Gasteiger partial charge in [0.2, 0.25) is 0 Å². The molecule has 0 aliphatic heterocycles. The van der Waals surface area contributed by atoms with Crippen molar-refractivity contribution in [2.75, 3.05) is 0 Å². The Balaban J connectivity index is 2.21. The number of hydrogen-bond donors (Lipinski definition) is 0. The number of aldehydes is 1. The minimum atomic E-state index is 0.464. The number of rotatable bonds is 6. The van der Waals surface area contributed by atoms with E-state index < -0.39 is 0 Å². The first-order valence-corrected chi connectivity index (χ1v) is 7.12. The van der Waals surface area contributed by atoms with Crippen molar-refractivity contribution >= 4 is 6.29 Å². The smallest absolute Gasteiger partial charge is 0.172 e. The summed E-state index contributed by atoms with van der Waals surface area (Å²) < 4.78 is 1.83. The van der Waals surface area contributed by atoms with Crippen molar-refractivity contribution in [2.24, 2.45) is 0 Å². The first kappa shape index (κ1) is 14.4. The topological polar surface area (TPSA) is 47.8 Å². The van der Waals surface area contributed by atoms with Crippen molar-refractivity contribution < 1.29 is 4.79 Å². The molecule has 0 spiro atoms. The summed E-state index contributed by atoms with van der Waals surface area (Å²) in [4.78, 5) is 11.0. The molecule has 1 aromatic carbocycles. The third-order valence-electron chi connectivity index (χ3n) is 3.44. The van der Waals surface area contributed by atoms with Crippen molar-refractivity contribution in [2.45, 2.75) is 46.1 Å². The van der Waals surface area contributed by atoms with Crippen LogP contribution in [-0.2, 0) is 13.0 Å². The Morgan fingerprint density at radius 2 is 1.95 bits per heavy atom. The number of benzene rings is 1. The second kappa shape index (κ2) is 6.46. The zero-order valence-electron chi connectivity index (χ0n) is 12.3. The second-order valence-electron chi connectivity index (χ2n) is 5.34. The fraction of sp³-hybridized carbons (Fsp3) is 0.438. The molecule has 0 fully saturated rings. The molecule has 0 N–H and O–H groups in total. The summed E-state index contributed by atoms with van der Waals surface area (Å²) in [5, 5.41) is 8.03. The third-order valence-corrected chi connectivity index (χ3v) is 3.44. The minimum absolute atomic E-state index is 0.464. The highest BCUT2D eigenvalue weighted by molar-refractivity contribution is 5.73. The maximum absolute atomic E-state index is 11.0. The molecule has 1 aromatic heterocycles. The zero-order chi connectivity index (χ0) is 14.5. The van der Waals surface area contributed by atoms with Gasteiger partial charge in [0.25, 0.3) is 0 Å². The molecular formula is C16H21N3O. The van der Waals surface area contributed by atoms with Crippen molar-refractivity contribution in [1.29, 1.82) is 0 Å². The normalized spacial score (nSPS) is 11.0. The molecule has 0 atom stereocenters. The average molecular weight is 271 g/mol. The van der Waals surface area contributed by atoms with E-state index in [0.29, 0.717) is 18.2 Å². The molecule has 2 rings (SSSR count). The standard InChI is InChI=1S/C16H21N3O/c1-4-5-16-15(11-20)17-18-19(16)10-13-6-8-14(9-7-13)12(2)3/h6-9,11-12H,4-5,10H2,1-3H3. The molecule has 0 radical (unpaired) electrons. The monoisotopic (exact) mass is 271 g/mol. The van der Waals surface area contributed by atoms with Gasteiger partial charge in [0.05, 0.1) is 12.2 Å². The summed E-state index contributed by atoms with van der Waals surface area (Å²) in [6.07, 6.45) is 2.59. The molecule has 0 saturated heterocycles. The highest BCUT2D eigenvalue weighted by atomic mass is 16.1. The molecule has 1 heterocycles. The predicted molar refractivity (Wildman–Crippen MR) is 79.0 cm³/mol. The van der Waals surface area contributed by atoms with E-state index in [1.165, 1.54) is 11.1 Å². The van der Waals surface area contributed by atoms with Crippen molar-refractivity contribution in [3.63, 3.8) is 0 Å². The summed E-state index contributed by atoms with van der Waals surface area (Å²) in [7, 11) is 0. The number of carbonyl (C=O) groups excluding carboxylic acids is 1. The number of aromatic nitrogens is 3. The van der Waals surface area contributed by atoms with Crippen LogP contribution in [-0.4, -0.2) is 21.3 Å². The van der Waals surface area contributed by atoms with Gasteiger partial charge in [0.1, 0.15) is 5.69 Å². The van der Waals surface area contributed by atoms with Gasteiger partial charge in [-0.1, -0.05) is 56.7 Å². The summed E-state index contributed by atoms with van der Waals surface area (Å²) >= 11 is 0. The van der Waals surface area contributed by atoms with Gasteiger partial charge in [-0.05, 0) is 23.5 Å². The van der Waals surface area contributed by atoms with E-state index in [1.54, 1.807) is 0 Å². The largest absolute Gasteiger partial charge is 0.296 e. The SMILES string of the molecule is CCCc1c(C=O)nnn1Cc1ccc(C(C)C)cc1. The number of nitrogens with zero attached hydrogens (tertiary/aromatic N) is 3. The van der Waals surface area contributed by atoms with Gasteiger partial charge in [0, 0.05) is 0 Å². The summed E-state index contributed by atoms with van der Waals surface area (Å²) in [5.41, 5.74) is 3.89. The average Bonchev–Trinajstić information content (AvgIpc) is 2.82. The lowest BCUT2D eigenvalue weighted by atomic mass is 10.0. The van der Waals surface area contributed by atoms with Crippen LogP contribution in [0.25, 0.3) is 0 Å². The van der Waals surface area contributed by atoms with Gasteiger partial charge in [-0.2, -0.15) is 0 Å². The van der Waals surface area contributed by atoms with Crippen LogP contribution in [0, 0.1) is 0 Å². The predicted octanol–water partition coefficient (Wildman–Crippen LogP) is 3.21. The molecular weight excluding hydrogens is 250 g/mol. The highest BCUT2D eigenvalue weighted by Gasteiger charge is 2.11. The lowest BCUT2D eigenvalue weighted by molar-refractivity contribution is 0.111. The molecule has 0 aliphatic carbocycles. The van der Waals surface area contributed by atoms with Crippen LogP contribution in [0.1, 0.15) is 60.4 Å². The Bertz CT molecular complexity index is 570. The van der Waals surface area contributed by atoms with Crippen LogP contribution in [0.2, 0.25) is 0 Å². The maximum Gasteiger partial charge on any atom is 0.172 e. The Kier molecular flexibility index (Phi) is 4.66. The Hall–Kier alpha value is -1.97. The first-order chi connectivity index (χ1) is 9.65. The molecule has 0 saturated carbocycles. The molecule has 0 unspecified atom stereocenters. The quantitative estimate of drug-likeness (QED) is 0.758. The summed E-state index contributed by atoms with van der Waals surface area (Å²) in [6.45, 7) is 7.11. The van der Waals surface area contributed by atoms with Crippen LogP contribution in [0.4, 0.5) is 0 Å². The number of carbonyl (C=O) groups is 1. The second-order valence-corrected chi connectivity index (χ2v) is 5.34. The van der Waals surface area contributed by atoms with E-state index in [1.807, 2.05) is 4.68 Å². The summed E-state index contributed by atoms with van der Waals surface area (Å²) in [6, 6.07) is 8.54. The summed E-state index contributed by atoms with van der Waals surface area (Å²) in [5.74, 6) is 0.535. The van der Waals surface area contributed by atoms with E-state index in [4.69, 9.17) is 0 Å². The van der Waals surface area contributed by atoms with Crippen LogP contribution >= 0.6 is 0 Å². The molecule has 4 heteroatoms. The van der Waals surface area contributed by atoms with E-state index in [2.05, 4.69) is 55.3 Å². The lowest BCUT2D eigenvalue weighted by Crippen LogP contribution is -2.07. The fourth-order valence-electron chi connectivity index (χ4n) is 2.24. The van der Waals surface area contributed by atoms with Crippen molar-refractivity contribution in [3.8, 4) is 0 Å². The maximum atomic E-state index is 11.0. The van der Waals surface area contributed by atoms with Crippen molar-refractivity contribution in [3.05, 3.63) is 46.8 Å². The van der Waals surface area contributed by atoms with E-state index in [-0.39, 0.29) is 0 Å². The number of hydrogen-bond acceptors (Lipinski definition) is 3.